The Bertz CT molecular complexity index is 414. The number of rotatable bonds is 16. The lowest BCUT2D eigenvalue weighted by molar-refractivity contribution is -0.136. The first kappa shape index (κ1) is 23.6. The van der Waals surface area contributed by atoms with Gasteiger partial charge in [0.2, 0.25) is 5.78 Å². The molecule has 0 aromatic carbocycles. The Hall–Kier alpha value is -1.36. The summed E-state index contributed by atoms with van der Waals surface area (Å²) in [4.78, 5) is 23.5. The molecule has 1 atom stereocenters. The van der Waals surface area contributed by atoms with E-state index < -0.39 is 29.2 Å². The van der Waals surface area contributed by atoms with Gasteiger partial charge in [0, 0.05) is 6.42 Å². The number of allylic oxidation sites excluding steroid dienone is 1. The van der Waals surface area contributed by atoms with Gasteiger partial charge in [0.15, 0.2) is 0 Å². The van der Waals surface area contributed by atoms with E-state index in [1.165, 1.54) is 19.3 Å². The Morgan fingerprint density at radius 2 is 1.24 bits per heavy atom. The first-order chi connectivity index (χ1) is 12.0. The topological polar surface area (TPSA) is 94.8 Å². The average molecular weight is 357 g/mol. The van der Waals surface area contributed by atoms with E-state index in [0.717, 1.165) is 38.5 Å². The number of ketones is 1. The van der Waals surface area contributed by atoms with Gasteiger partial charge in [-0.1, -0.05) is 78.1 Å². The SMILES string of the molecule is CCCCCCCCCC(O)=C(C(=O)O)C(=O)C(O)CCCCCC. The highest BCUT2D eigenvalue weighted by molar-refractivity contribution is 6.18. The van der Waals surface area contributed by atoms with Gasteiger partial charge in [0.1, 0.15) is 17.4 Å². The van der Waals surface area contributed by atoms with Crippen molar-refractivity contribution in [3.05, 3.63) is 11.3 Å². The van der Waals surface area contributed by atoms with Crippen LogP contribution in [0.4, 0.5) is 0 Å². The third-order valence-electron chi connectivity index (χ3n) is 4.40. The van der Waals surface area contributed by atoms with Crippen molar-refractivity contribution in [3.63, 3.8) is 0 Å². The maximum absolute atomic E-state index is 12.1. The number of hydrogen-bond acceptors (Lipinski definition) is 4. The number of carbonyl (C=O) groups excluding carboxylic acids is 1. The van der Waals surface area contributed by atoms with E-state index in [-0.39, 0.29) is 12.8 Å². The second kappa shape index (κ2) is 14.9. The lowest BCUT2D eigenvalue weighted by atomic mass is 9.98. The van der Waals surface area contributed by atoms with Crippen LogP contribution >= 0.6 is 0 Å². The van der Waals surface area contributed by atoms with Crippen LogP contribution in [0.3, 0.4) is 0 Å². The van der Waals surface area contributed by atoms with Crippen LogP contribution in [0.5, 0.6) is 0 Å². The van der Waals surface area contributed by atoms with Crippen LogP contribution in [0.2, 0.25) is 0 Å². The molecule has 0 saturated carbocycles. The number of aliphatic hydroxyl groups is 2. The van der Waals surface area contributed by atoms with E-state index in [0.29, 0.717) is 12.8 Å². The zero-order chi connectivity index (χ0) is 19.1. The molecule has 0 radical (unpaired) electrons. The summed E-state index contributed by atoms with van der Waals surface area (Å²) in [6.45, 7) is 4.22. The predicted molar refractivity (Wildman–Crippen MR) is 99.7 cm³/mol. The number of carboxylic acid groups (broad SMARTS) is 1. The maximum Gasteiger partial charge on any atom is 0.342 e. The van der Waals surface area contributed by atoms with Crippen LogP contribution in [0, 0.1) is 0 Å². The van der Waals surface area contributed by atoms with Gasteiger partial charge in [-0.15, -0.1) is 0 Å². The molecule has 0 fully saturated rings. The van der Waals surface area contributed by atoms with E-state index in [4.69, 9.17) is 0 Å². The van der Waals surface area contributed by atoms with Gasteiger partial charge in [-0.05, 0) is 12.8 Å². The zero-order valence-electron chi connectivity index (χ0n) is 15.9. The number of hydrogen-bond donors (Lipinski definition) is 3. The van der Waals surface area contributed by atoms with E-state index in [9.17, 15) is 24.9 Å². The molecule has 146 valence electrons. The molecule has 5 nitrogen and oxygen atoms in total. The van der Waals surface area contributed by atoms with Crippen molar-refractivity contribution in [2.75, 3.05) is 0 Å². The fraction of sp³-hybridized carbons (Fsp3) is 0.800. The molecule has 0 heterocycles. The molecule has 0 aliphatic carbocycles. The Labute approximate surface area is 152 Å². The second-order valence-corrected chi connectivity index (χ2v) is 6.73. The van der Waals surface area contributed by atoms with Gasteiger partial charge in [0.05, 0.1) is 0 Å². The summed E-state index contributed by atoms with van der Waals surface area (Å²) in [5, 5.41) is 29.2. The van der Waals surface area contributed by atoms with Crippen LogP contribution in [0.1, 0.15) is 97.3 Å². The summed E-state index contributed by atoms with van der Waals surface area (Å²) in [5.41, 5.74) is -0.644. The molecule has 0 aromatic heterocycles. The summed E-state index contributed by atoms with van der Waals surface area (Å²) in [5.74, 6) is -2.74. The molecule has 0 bridgehead atoms. The standard InChI is InChI=1S/C20H36O5/c1-3-5-7-9-10-11-13-14-16(21)18(20(24)25)19(23)17(22)15-12-8-6-4-2/h17,21-22H,3-15H2,1-2H3,(H,24,25). The summed E-state index contributed by atoms with van der Waals surface area (Å²) in [7, 11) is 0. The number of carbonyl (C=O) groups is 2. The van der Waals surface area contributed by atoms with Crippen molar-refractivity contribution in [2.45, 2.75) is 103 Å². The molecule has 3 N–H and O–H groups in total. The molecule has 0 spiro atoms. The number of Topliss-reactive ketones (excluding diaryl/α,β-unsaturated/α-hetero) is 1. The first-order valence-electron chi connectivity index (χ1n) is 9.83. The number of aliphatic carboxylic acids is 1. The van der Waals surface area contributed by atoms with Crippen LogP contribution < -0.4 is 0 Å². The van der Waals surface area contributed by atoms with Gasteiger partial charge >= 0.3 is 5.97 Å². The first-order valence-corrected chi connectivity index (χ1v) is 9.83. The van der Waals surface area contributed by atoms with Crippen molar-refractivity contribution < 1.29 is 24.9 Å². The molecule has 0 aromatic rings. The Morgan fingerprint density at radius 3 is 1.76 bits per heavy atom. The van der Waals surface area contributed by atoms with Crippen molar-refractivity contribution >= 4 is 11.8 Å². The summed E-state index contributed by atoms with van der Waals surface area (Å²) in [6, 6.07) is 0. The predicted octanol–water partition coefficient (Wildman–Crippen LogP) is 4.92. The van der Waals surface area contributed by atoms with Crippen LogP contribution in [-0.2, 0) is 9.59 Å². The fourth-order valence-electron chi connectivity index (χ4n) is 2.81. The minimum Gasteiger partial charge on any atom is -0.511 e. The number of carboxylic acids is 1. The van der Waals surface area contributed by atoms with Crippen LogP contribution in [-0.4, -0.2) is 33.2 Å². The Balaban J connectivity index is 4.43. The largest absolute Gasteiger partial charge is 0.511 e. The summed E-state index contributed by atoms with van der Waals surface area (Å²) in [6.07, 6.45) is 10.0. The Kier molecular flexibility index (Phi) is 14.1. The van der Waals surface area contributed by atoms with Gasteiger partial charge in [-0.2, -0.15) is 0 Å². The molecule has 25 heavy (non-hydrogen) atoms. The summed E-state index contributed by atoms with van der Waals surface area (Å²) < 4.78 is 0. The third-order valence-corrected chi connectivity index (χ3v) is 4.40. The minimum atomic E-state index is -1.46. The fourth-order valence-corrected chi connectivity index (χ4v) is 2.81. The number of aliphatic hydroxyl groups excluding tert-OH is 2. The average Bonchev–Trinajstić information content (AvgIpc) is 2.57. The maximum atomic E-state index is 12.1. The second-order valence-electron chi connectivity index (χ2n) is 6.73. The van der Waals surface area contributed by atoms with E-state index in [2.05, 4.69) is 13.8 Å². The minimum absolute atomic E-state index is 0.170. The molecular weight excluding hydrogens is 320 g/mol. The van der Waals surface area contributed by atoms with Crippen LogP contribution in [0.15, 0.2) is 11.3 Å². The normalized spacial score (nSPS) is 13.4. The number of unbranched alkanes of at least 4 members (excludes halogenated alkanes) is 9. The third kappa shape index (κ3) is 11.0. The highest BCUT2D eigenvalue weighted by atomic mass is 16.4. The van der Waals surface area contributed by atoms with E-state index in [1.807, 2.05) is 0 Å². The molecular formula is C20H36O5. The zero-order valence-corrected chi connectivity index (χ0v) is 15.9. The lowest BCUT2D eigenvalue weighted by Crippen LogP contribution is -2.27. The van der Waals surface area contributed by atoms with Crippen molar-refractivity contribution in [1.82, 2.24) is 0 Å². The Morgan fingerprint density at radius 1 is 0.760 bits per heavy atom. The quantitative estimate of drug-likeness (QED) is 0.120. The van der Waals surface area contributed by atoms with Gasteiger partial charge in [0.25, 0.3) is 0 Å². The van der Waals surface area contributed by atoms with E-state index >= 15 is 0 Å². The van der Waals surface area contributed by atoms with Crippen LogP contribution in [0.25, 0.3) is 0 Å². The highest BCUT2D eigenvalue weighted by Crippen LogP contribution is 2.17. The highest BCUT2D eigenvalue weighted by Gasteiger charge is 2.28. The van der Waals surface area contributed by atoms with Crippen molar-refractivity contribution in [2.24, 2.45) is 0 Å². The van der Waals surface area contributed by atoms with Crippen molar-refractivity contribution in [1.29, 1.82) is 0 Å². The molecule has 5 heteroatoms. The van der Waals surface area contributed by atoms with E-state index in [1.54, 1.807) is 0 Å². The molecule has 0 amide bonds. The monoisotopic (exact) mass is 356 g/mol. The molecule has 1 unspecified atom stereocenters. The smallest absolute Gasteiger partial charge is 0.342 e. The molecule has 0 saturated heterocycles. The lowest BCUT2D eigenvalue weighted by Gasteiger charge is -2.12. The molecule has 0 rings (SSSR count). The van der Waals surface area contributed by atoms with Gasteiger partial charge < -0.3 is 15.3 Å². The van der Waals surface area contributed by atoms with Gasteiger partial charge in [-0.3, -0.25) is 4.79 Å². The molecule has 0 aliphatic rings. The molecule has 0 aliphatic heterocycles. The van der Waals surface area contributed by atoms with Gasteiger partial charge in [-0.25, -0.2) is 4.79 Å². The van der Waals surface area contributed by atoms with Crippen molar-refractivity contribution in [3.8, 4) is 0 Å². The summed E-state index contributed by atoms with van der Waals surface area (Å²) >= 11 is 0.